The second kappa shape index (κ2) is 5.39. The largest absolute Gasteiger partial charge is 0.391 e. The number of hydrogen-bond acceptors (Lipinski definition) is 2. The van der Waals surface area contributed by atoms with Gasteiger partial charge in [-0.05, 0) is 45.6 Å². The number of hydrogen-bond donors (Lipinski definition) is 1. The summed E-state index contributed by atoms with van der Waals surface area (Å²) in [5.41, 5.74) is 6.59. The van der Waals surface area contributed by atoms with Gasteiger partial charge in [-0.3, -0.25) is 4.68 Å². The summed E-state index contributed by atoms with van der Waals surface area (Å²) in [5.74, 6) is -1.19. The fraction of sp³-hybridized carbons (Fsp3) is 0.786. The Balaban J connectivity index is 1.96. The molecule has 1 fully saturated rings. The molecule has 1 saturated carbocycles. The summed E-state index contributed by atoms with van der Waals surface area (Å²) < 4.78 is 39.8. The molecule has 1 heterocycles. The molecule has 20 heavy (non-hydrogen) atoms. The Bertz CT molecular complexity index is 443. The molecule has 3 nitrogen and oxygen atoms in total. The molecule has 2 rings (SSSR count). The number of nitrogens with two attached hydrogens (primary N) is 1. The Morgan fingerprint density at radius 3 is 2.45 bits per heavy atom. The van der Waals surface area contributed by atoms with Gasteiger partial charge in [-0.1, -0.05) is 0 Å². The standard InChI is InChI=1S/C14H22F3N3/c1-10(2)20-8-5-12(19-20)9-13(18)6-3-11(4-7-13)14(15,16)17/h5,8,10-11H,3-4,6-7,9,18H2,1-2H3. The molecule has 0 aromatic carbocycles. The fourth-order valence-electron chi connectivity index (χ4n) is 2.82. The third-order valence-electron chi connectivity index (χ3n) is 4.17. The molecule has 114 valence electrons. The monoisotopic (exact) mass is 289 g/mol. The summed E-state index contributed by atoms with van der Waals surface area (Å²) in [5, 5.41) is 4.43. The number of nitrogens with zero attached hydrogens (tertiary/aromatic N) is 2. The number of halogens is 3. The van der Waals surface area contributed by atoms with Crippen molar-refractivity contribution in [1.29, 1.82) is 0 Å². The maximum absolute atomic E-state index is 12.7. The van der Waals surface area contributed by atoms with Crippen molar-refractivity contribution >= 4 is 0 Å². The van der Waals surface area contributed by atoms with Crippen LogP contribution in [0.3, 0.4) is 0 Å². The first-order valence-corrected chi connectivity index (χ1v) is 7.09. The second-order valence-electron chi connectivity index (χ2n) is 6.24. The lowest BCUT2D eigenvalue weighted by molar-refractivity contribution is -0.184. The smallest absolute Gasteiger partial charge is 0.325 e. The van der Waals surface area contributed by atoms with Crippen molar-refractivity contribution in [2.75, 3.05) is 0 Å². The van der Waals surface area contributed by atoms with Crippen molar-refractivity contribution in [3.63, 3.8) is 0 Å². The van der Waals surface area contributed by atoms with Gasteiger partial charge in [0.05, 0.1) is 11.6 Å². The van der Waals surface area contributed by atoms with Gasteiger partial charge in [0.25, 0.3) is 0 Å². The average Bonchev–Trinajstić information content (AvgIpc) is 2.76. The third-order valence-corrected chi connectivity index (χ3v) is 4.17. The van der Waals surface area contributed by atoms with Crippen LogP contribution in [0.15, 0.2) is 12.3 Å². The van der Waals surface area contributed by atoms with E-state index in [1.807, 2.05) is 30.8 Å². The zero-order chi connectivity index (χ0) is 15.0. The molecule has 0 saturated heterocycles. The fourth-order valence-corrected chi connectivity index (χ4v) is 2.82. The third kappa shape index (κ3) is 3.53. The van der Waals surface area contributed by atoms with Crippen LogP contribution >= 0.6 is 0 Å². The first-order valence-electron chi connectivity index (χ1n) is 7.09. The van der Waals surface area contributed by atoms with E-state index in [-0.39, 0.29) is 18.9 Å². The van der Waals surface area contributed by atoms with E-state index in [4.69, 9.17) is 5.73 Å². The van der Waals surface area contributed by atoms with Gasteiger partial charge in [-0.15, -0.1) is 0 Å². The molecule has 0 spiro atoms. The zero-order valence-corrected chi connectivity index (χ0v) is 12.0. The molecule has 6 heteroatoms. The molecule has 1 aliphatic carbocycles. The van der Waals surface area contributed by atoms with E-state index in [2.05, 4.69) is 5.10 Å². The lowest BCUT2D eigenvalue weighted by Crippen LogP contribution is -2.47. The van der Waals surface area contributed by atoms with Gasteiger partial charge in [-0.2, -0.15) is 18.3 Å². The predicted molar refractivity (Wildman–Crippen MR) is 71.2 cm³/mol. The molecule has 2 N–H and O–H groups in total. The molecule has 1 aromatic rings. The van der Waals surface area contributed by atoms with E-state index < -0.39 is 17.6 Å². The van der Waals surface area contributed by atoms with E-state index in [0.717, 1.165) is 5.69 Å². The summed E-state index contributed by atoms with van der Waals surface area (Å²) in [6, 6.07) is 2.18. The lowest BCUT2D eigenvalue weighted by atomic mass is 9.74. The van der Waals surface area contributed by atoms with Crippen LogP contribution in [-0.4, -0.2) is 21.5 Å². The summed E-state index contributed by atoms with van der Waals surface area (Å²) >= 11 is 0. The lowest BCUT2D eigenvalue weighted by Gasteiger charge is -2.37. The topological polar surface area (TPSA) is 43.8 Å². The quantitative estimate of drug-likeness (QED) is 0.926. The van der Waals surface area contributed by atoms with E-state index >= 15 is 0 Å². The van der Waals surface area contributed by atoms with Crippen LogP contribution < -0.4 is 5.73 Å². The summed E-state index contributed by atoms with van der Waals surface area (Å²) in [6.45, 7) is 4.06. The van der Waals surface area contributed by atoms with Gasteiger partial charge in [-0.25, -0.2) is 0 Å². The highest BCUT2D eigenvalue weighted by Gasteiger charge is 2.44. The molecule has 1 aromatic heterocycles. The van der Waals surface area contributed by atoms with E-state index in [9.17, 15) is 13.2 Å². The van der Waals surface area contributed by atoms with Crippen molar-refractivity contribution in [1.82, 2.24) is 9.78 Å². The van der Waals surface area contributed by atoms with E-state index in [1.54, 1.807) is 0 Å². The Labute approximate surface area is 117 Å². The summed E-state index contributed by atoms with van der Waals surface area (Å²) in [6.07, 6.45) is -0.560. The van der Waals surface area contributed by atoms with Gasteiger partial charge in [0.1, 0.15) is 0 Å². The molecule has 0 bridgehead atoms. The van der Waals surface area contributed by atoms with Crippen molar-refractivity contribution in [3.05, 3.63) is 18.0 Å². The zero-order valence-electron chi connectivity index (χ0n) is 12.0. The van der Waals surface area contributed by atoms with E-state index in [1.165, 1.54) is 0 Å². The Hall–Kier alpha value is -1.04. The van der Waals surface area contributed by atoms with Crippen molar-refractivity contribution in [2.45, 2.75) is 63.7 Å². The van der Waals surface area contributed by atoms with Crippen molar-refractivity contribution in [2.24, 2.45) is 11.7 Å². The maximum atomic E-state index is 12.7. The van der Waals surface area contributed by atoms with Crippen LogP contribution in [0.5, 0.6) is 0 Å². The van der Waals surface area contributed by atoms with Crippen LogP contribution in [0, 0.1) is 5.92 Å². The van der Waals surface area contributed by atoms with Crippen molar-refractivity contribution in [3.8, 4) is 0 Å². The minimum atomic E-state index is -4.08. The van der Waals surface area contributed by atoms with Gasteiger partial charge in [0.15, 0.2) is 0 Å². The highest BCUT2D eigenvalue weighted by atomic mass is 19.4. The molecule has 1 aliphatic rings. The summed E-state index contributed by atoms with van der Waals surface area (Å²) in [7, 11) is 0. The minimum Gasteiger partial charge on any atom is -0.325 e. The number of alkyl halides is 3. The van der Waals surface area contributed by atoms with Crippen LogP contribution in [0.2, 0.25) is 0 Å². The van der Waals surface area contributed by atoms with Crippen molar-refractivity contribution < 1.29 is 13.2 Å². The maximum Gasteiger partial charge on any atom is 0.391 e. The Morgan fingerprint density at radius 2 is 2.00 bits per heavy atom. The minimum absolute atomic E-state index is 0.130. The molecular formula is C14H22F3N3. The summed E-state index contributed by atoms with van der Waals surface area (Å²) in [4.78, 5) is 0. The SMILES string of the molecule is CC(C)n1ccc(CC2(N)CCC(C(F)(F)F)CC2)n1. The molecule has 0 atom stereocenters. The Kier molecular flexibility index (Phi) is 4.14. The first-order chi connectivity index (χ1) is 9.20. The molecule has 0 aliphatic heterocycles. The highest BCUT2D eigenvalue weighted by molar-refractivity contribution is 5.07. The van der Waals surface area contributed by atoms with Gasteiger partial charge in [0, 0.05) is 24.2 Å². The molecule has 0 unspecified atom stereocenters. The predicted octanol–water partition coefficient (Wildman–Crippen LogP) is 3.46. The molecular weight excluding hydrogens is 267 g/mol. The normalized spacial score (nSPS) is 28.1. The average molecular weight is 289 g/mol. The number of aromatic nitrogens is 2. The number of rotatable bonds is 3. The first kappa shape index (κ1) is 15.4. The van der Waals surface area contributed by atoms with Gasteiger partial charge < -0.3 is 5.73 Å². The van der Waals surface area contributed by atoms with Crippen LogP contribution in [-0.2, 0) is 6.42 Å². The van der Waals surface area contributed by atoms with Crippen LogP contribution in [0.1, 0.15) is 51.3 Å². The highest BCUT2D eigenvalue weighted by Crippen LogP contribution is 2.41. The van der Waals surface area contributed by atoms with E-state index in [0.29, 0.717) is 19.3 Å². The second-order valence-corrected chi connectivity index (χ2v) is 6.24. The van der Waals surface area contributed by atoms with Gasteiger partial charge >= 0.3 is 6.18 Å². The van der Waals surface area contributed by atoms with Crippen LogP contribution in [0.4, 0.5) is 13.2 Å². The van der Waals surface area contributed by atoms with Gasteiger partial charge in [0.2, 0.25) is 0 Å². The Morgan fingerprint density at radius 1 is 1.40 bits per heavy atom. The molecule has 0 radical (unpaired) electrons. The van der Waals surface area contributed by atoms with Crippen LogP contribution in [0.25, 0.3) is 0 Å². The molecule has 0 amide bonds.